The first kappa shape index (κ1) is 12.8. The molecule has 1 fully saturated rings. The molecule has 2 rings (SSSR count). The number of allylic oxidation sites excluding steroid dienone is 1. The van der Waals surface area contributed by atoms with Gasteiger partial charge in [-0.2, -0.15) is 5.10 Å². The first-order chi connectivity index (χ1) is 8.74. The Labute approximate surface area is 113 Å². The van der Waals surface area contributed by atoms with E-state index in [0.29, 0.717) is 11.2 Å². The largest absolute Gasteiger partial charge is 0.359 e. The van der Waals surface area contributed by atoms with Crippen molar-refractivity contribution in [3.05, 3.63) is 41.5 Å². The SMILES string of the molecule is CC(=C/c1ccccc1)/C=N/NC(=S)NC1CC1. The minimum absolute atomic E-state index is 0.557. The van der Waals surface area contributed by atoms with Gasteiger partial charge in [0, 0.05) is 6.04 Å². The van der Waals surface area contributed by atoms with Gasteiger partial charge in [0.15, 0.2) is 5.11 Å². The van der Waals surface area contributed by atoms with E-state index in [1.807, 2.05) is 25.1 Å². The smallest absolute Gasteiger partial charge is 0.187 e. The molecule has 0 spiro atoms. The monoisotopic (exact) mass is 259 g/mol. The molecule has 0 saturated heterocycles. The fraction of sp³-hybridized carbons (Fsp3) is 0.286. The van der Waals surface area contributed by atoms with Gasteiger partial charge in [-0.25, -0.2) is 0 Å². The molecule has 1 aliphatic carbocycles. The normalized spacial score (nSPS) is 15.7. The van der Waals surface area contributed by atoms with Crippen molar-refractivity contribution in [3.8, 4) is 0 Å². The zero-order valence-corrected chi connectivity index (χ0v) is 11.2. The van der Waals surface area contributed by atoms with E-state index >= 15 is 0 Å². The summed E-state index contributed by atoms with van der Waals surface area (Å²) in [6.07, 6.45) is 6.26. The lowest BCUT2D eigenvalue weighted by molar-refractivity contribution is 0.863. The number of nitrogens with one attached hydrogen (secondary N) is 2. The van der Waals surface area contributed by atoms with Crippen LogP contribution in [0.1, 0.15) is 25.3 Å². The molecular formula is C14H17N3S. The van der Waals surface area contributed by atoms with E-state index in [1.165, 1.54) is 18.4 Å². The van der Waals surface area contributed by atoms with Crippen molar-refractivity contribution in [2.45, 2.75) is 25.8 Å². The van der Waals surface area contributed by atoms with Gasteiger partial charge in [0.1, 0.15) is 0 Å². The van der Waals surface area contributed by atoms with Crippen LogP contribution >= 0.6 is 12.2 Å². The number of hydrogen-bond donors (Lipinski definition) is 2. The Morgan fingerprint density at radius 3 is 2.72 bits per heavy atom. The Kier molecular flexibility index (Phi) is 4.47. The van der Waals surface area contributed by atoms with Gasteiger partial charge in [-0.05, 0) is 43.1 Å². The predicted molar refractivity (Wildman–Crippen MR) is 80.5 cm³/mol. The van der Waals surface area contributed by atoms with Crippen LogP contribution in [0.15, 0.2) is 41.0 Å². The maximum atomic E-state index is 5.10. The van der Waals surface area contributed by atoms with Gasteiger partial charge in [0.2, 0.25) is 0 Å². The van der Waals surface area contributed by atoms with Crippen molar-refractivity contribution in [1.82, 2.24) is 10.7 Å². The van der Waals surface area contributed by atoms with E-state index in [-0.39, 0.29) is 0 Å². The summed E-state index contributed by atoms with van der Waals surface area (Å²) in [5.74, 6) is 0. The Bertz CT molecular complexity index is 461. The highest BCUT2D eigenvalue weighted by molar-refractivity contribution is 7.80. The van der Waals surface area contributed by atoms with E-state index in [1.54, 1.807) is 6.21 Å². The maximum Gasteiger partial charge on any atom is 0.187 e. The number of hydrazone groups is 1. The van der Waals surface area contributed by atoms with Crippen LogP contribution in [0.25, 0.3) is 6.08 Å². The third-order valence-electron chi connectivity index (χ3n) is 2.54. The average molecular weight is 259 g/mol. The zero-order valence-electron chi connectivity index (χ0n) is 10.4. The van der Waals surface area contributed by atoms with E-state index in [4.69, 9.17) is 12.2 Å². The first-order valence-corrected chi connectivity index (χ1v) is 6.48. The Hall–Kier alpha value is -1.68. The molecule has 3 nitrogen and oxygen atoms in total. The van der Waals surface area contributed by atoms with Gasteiger partial charge in [-0.1, -0.05) is 36.4 Å². The fourth-order valence-electron chi connectivity index (χ4n) is 1.49. The molecule has 0 radical (unpaired) electrons. The van der Waals surface area contributed by atoms with E-state index in [9.17, 15) is 0 Å². The molecule has 18 heavy (non-hydrogen) atoms. The number of hydrogen-bond acceptors (Lipinski definition) is 2. The standard InChI is InChI=1S/C14H17N3S/c1-11(9-12-5-3-2-4-6-12)10-15-17-14(18)16-13-7-8-13/h2-6,9-10,13H,7-8H2,1H3,(H2,16,17,18)/b11-9-,15-10+. The summed E-state index contributed by atoms with van der Waals surface area (Å²) in [6, 6.07) is 10.7. The highest BCUT2D eigenvalue weighted by Gasteiger charge is 2.21. The first-order valence-electron chi connectivity index (χ1n) is 6.07. The molecule has 0 heterocycles. The van der Waals surface area contributed by atoms with Gasteiger partial charge in [-0.15, -0.1) is 0 Å². The predicted octanol–water partition coefficient (Wildman–Crippen LogP) is 2.70. The quantitative estimate of drug-likeness (QED) is 0.496. The van der Waals surface area contributed by atoms with Gasteiger partial charge in [0.05, 0.1) is 6.21 Å². The van der Waals surface area contributed by atoms with Crippen molar-refractivity contribution in [1.29, 1.82) is 0 Å². The van der Waals surface area contributed by atoms with Crippen LogP contribution in [-0.2, 0) is 0 Å². The average Bonchev–Trinajstić information content (AvgIpc) is 3.14. The number of benzene rings is 1. The van der Waals surface area contributed by atoms with Crippen LogP contribution < -0.4 is 10.7 Å². The van der Waals surface area contributed by atoms with Crippen LogP contribution in [0, 0.1) is 0 Å². The van der Waals surface area contributed by atoms with Gasteiger partial charge in [-0.3, -0.25) is 5.43 Å². The lowest BCUT2D eigenvalue weighted by atomic mass is 10.1. The molecule has 0 aliphatic heterocycles. The third-order valence-corrected chi connectivity index (χ3v) is 2.75. The summed E-state index contributed by atoms with van der Waals surface area (Å²) in [4.78, 5) is 0. The summed E-state index contributed by atoms with van der Waals surface area (Å²) in [5, 5.41) is 7.86. The van der Waals surface area contributed by atoms with Crippen LogP contribution in [0.4, 0.5) is 0 Å². The number of nitrogens with zero attached hydrogens (tertiary/aromatic N) is 1. The third kappa shape index (κ3) is 4.67. The second-order valence-corrected chi connectivity index (χ2v) is 4.83. The molecule has 0 atom stereocenters. The molecule has 0 unspecified atom stereocenters. The minimum atomic E-state index is 0.557. The molecule has 1 aromatic rings. The number of thiocarbonyl (C=S) groups is 1. The topological polar surface area (TPSA) is 36.4 Å². The summed E-state index contributed by atoms with van der Waals surface area (Å²) >= 11 is 5.10. The lowest BCUT2D eigenvalue weighted by Gasteiger charge is -2.03. The summed E-state index contributed by atoms with van der Waals surface area (Å²) in [5.41, 5.74) is 5.06. The van der Waals surface area contributed by atoms with Crippen LogP contribution in [0.2, 0.25) is 0 Å². The van der Waals surface area contributed by atoms with Gasteiger partial charge in [0.25, 0.3) is 0 Å². The molecule has 0 aromatic heterocycles. The molecule has 1 aliphatic rings. The summed E-state index contributed by atoms with van der Waals surface area (Å²) < 4.78 is 0. The molecule has 0 bridgehead atoms. The van der Waals surface area contributed by atoms with Crippen LogP contribution in [0.3, 0.4) is 0 Å². The van der Waals surface area contributed by atoms with Crippen LogP contribution in [0.5, 0.6) is 0 Å². The van der Waals surface area contributed by atoms with Crippen molar-refractivity contribution in [2.75, 3.05) is 0 Å². The van der Waals surface area contributed by atoms with Crippen molar-refractivity contribution < 1.29 is 0 Å². The van der Waals surface area contributed by atoms with Gasteiger partial charge < -0.3 is 5.32 Å². The molecule has 1 saturated carbocycles. The second-order valence-electron chi connectivity index (χ2n) is 4.42. The van der Waals surface area contributed by atoms with Crippen molar-refractivity contribution >= 4 is 29.6 Å². The summed E-state index contributed by atoms with van der Waals surface area (Å²) in [6.45, 7) is 2.01. The Morgan fingerprint density at radius 2 is 2.06 bits per heavy atom. The van der Waals surface area contributed by atoms with Crippen LogP contribution in [-0.4, -0.2) is 17.4 Å². The fourth-order valence-corrected chi connectivity index (χ4v) is 1.71. The van der Waals surface area contributed by atoms with E-state index in [0.717, 1.165) is 5.57 Å². The van der Waals surface area contributed by atoms with E-state index in [2.05, 4.69) is 34.1 Å². The summed E-state index contributed by atoms with van der Waals surface area (Å²) in [7, 11) is 0. The highest BCUT2D eigenvalue weighted by Crippen LogP contribution is 2.18. The molecule has 1 aromatic carbocycles. The lowest BCUT2D eigenvalue weighted by Crippen LogP contribution is -2.33. The molecular weight excluding hydrogens is 242 g/mol. The highest BCUT2D eigenvalue weighted by atomic mass is 32.1. The second kappa shape index (κ2) is 6.31. The van der Waals surface area contributed by atoms with Gasteiger partial charge >= 0.3 is 0 Å². The maximum absolute atomic E-state index is 5.10. The van der Waals surface area contributed by atoms with Crippen molar-refractivity contribution in [3.63, 3.8) is 0 Å². The van der Waals surface area contributed by atoms with E-state index < -0.39 is 0 Å². The Morgan fingerprint density at radius 1 is 1.33 bits per heavy atom. The molecule has 94 valence electrons. The molecule has 4 heteroatoms. The zero-order chi connectivity index (χ0) is 12.8. The molecule has 0 amide bonds. The minimum Gasteiger partial charge on any atom is -0.359 e. The Balaban J connectivity index is 1.80. The van der Waals surface area contributed by atoms with Crippen molar-refractivity contribution in [2.24, 2.45) is 5.10 Å². The number of rotatable bonds is 4. The molecule has 2 N–H and O–H groups in total.